The quantitative estimate of drug-likeness (QED) is 0.849. The summed E-state index contributed by atoms with van der Waals surface area (Å²) in [5, 5.41) is 5.50. The number of aromatic nitrogens is 1. The van der Waals surface area contributed by atoms with E-state index in [0.29, 0.717) is 18.8 Å². The second-order valence-corrected chi connectivity index (χ2v) is 4.03. The van der Waals surface area contributed by atoms with Gasteiger partial charge in [0.05, 0.1) is 5.92 Å². The highest BCUT2D eigenvalue weighted by molar-refractivity contribution is 5.94. The maximum absolute atomic E-state index is 12.2. The van der Waals surface area contributed by atoms with E-state index in [9.17, 15) is 13.6 Å². The van der Waals surface area contributed by atoms with Crippen LogP contribution in [0.3, 0.4) is 0 Å². The lowest BCUT2D eigenvalue weighted by Crippen LogP contribution is -2.48. The molecule has 2 N–H and O–H groups in total. The van der Waals surface area contributed by atoms with Crippen molar-refractivity contribution >= 4 is 11.6 Å². The zero-order chi connectivity index (χ0) is 13.1. The van der Waals surface area contributed by atoms with Gasteiger partial charge in [0.2, 0.25) is 11.8 Å². The van der Waals surface area contributed by atoms with E-state index < -0.39 is 6.61 Å². The molecule has 1 amide bonds. The lowest BCUT2D eigenvalue weighted by Gasteiger charge is -2.26. The van der Waals surface area contributed by atoms with E-state index in [1.165, 1.54) is 6.07 Å². The fraction of sp³-hybridized carbons (Fsp3) is 0.455. The molecule has 0 saturated carbocycles. The number of carbonyl (C=O) groups is 1. The molecular weight excluding hydrogens is 244 g/mol. The highest BCUT2D eigenvalue weighted by Gasteiger charge is 2.26. The number of aryl methyl sites for hydroxylation is 1. The molecule has 2 rings (SSSR count). The summed E-state index contributed by atoms with van der Waals surface area (Å²) in [6.07, 6.45) is 0. The van der Waals surface area contributed by atoms with Crippen LogP contribution in [0.4, 0.5) is 14.5 Å². The van der Waals surface area contributed by atoms with Gasteiger partial charge in [-0.2, -0.15) is 8.78 Å². The third kappa shape index (κ3) is 2.92. The summed E-state index contributed by atoms with van der Waals surface area (Å²) in [6, 6.07) is 3.12. The SMILES string of the molecule is Cc1ccc(NC(=O)C2CNC2)c(OC(F)F)n1. The summed E-state index contributed by atoms with van der Waals surface area (Å²) < 4.78 is 28.7. The van der Waals surface area contributed by atoms with Crippen LogP contribution < -0.4 is 15.4 Å². The number of pyridine rings is 1. The molecule has 2 heterocycles. The third-order valence-electron chi connectivity index (χ3n) is 2.61. The summed E-state index contributed by atoms with van der Waals surface area (Å²) in [5.74, 6) is -0.616. The molecule has 0 radical (unpaired) electrons. The van der Waals surface area contributed by atoms with Crippen LogP contribution >= 0.6 is 0 Å². The summed E-state index contributed by atoms with van der Waals surface area (Å²) >= 11 is 0. The van der Waals surface area contributed by atoms with Crippen molar-refractivity contribution in [3.8, 4) is 5.88 Å². The Morgan fingerprint density at radius 1 is 1.56 bits per heavy atom. The van der Waals surface area contributed by atoms with Gasteiger partial charge in [-0.3, -0.25) is 4.79 Å². The molecule has 5 nitrogen and oxygen atoms in total. The third-order valence-corrected chi connectivity index (χ3v) is 2.61. The number of carbonyl (C=O) groups excluding carboxylic acids is 1. The maximum Gasteiger partial charge on any atom is 0.388 e. The predicted octanol–water partition coefficient (Wildman–Crippen LogP) is 1.15. The number of nitrogens with zero attached hydrogens (tertiary/aromatic N) is 1. The van der Waals surface area contributed by atoms with Crippen LogP contribution in [-0.4, -0.2) is 30.6 Å². The van der Waals surface area contributed by atoms with Crippen LogP contribution in [-0.2, 0) is 4.79 Å². The second kappa shape index (κ2) is 5.26. The summed E-state index contributed by atoms with van der Waals surface area (Å²) in [7, 11) is 0. The molecule has 0 atom stereocenters. The molecule has 98 valence electrons. The molecule has 0 spiro atoms. The van der Waals surface area contributed by atoms with Gasteiger partial charge >= 0.3 is 6.61 Å². The minimum absolute atomic E-state index is 0.134. The van der Waals surface area contributed by atoms with E-state index >= 15 is 0 Å². The van der Waals surface area contributed by atoms with Gasteiger partial charge in [-0.1, -0.05) is 0 Å². The normalized spacial score (nSPS) is 15.3. The number of nitrogens with one attached hydrogen (secondary N) is 2. The lowest BCUT2D eigenvalue weighted by molar-refractivity contribution is -0.121. The van der Waals surface area contributed by atoms with Gasteiger partial charge in [0, 0.05) is 18.8 Å². The van der Waals surface area contributed by atoms with Crippen molar-refractivity contribution in [2.24, 2.45) is 5.92 Å². The minimum atomic E-state index is -2.97. The zero-order valence-corrected chi connectivity index (χ0v) is 9.74. The number of ether oxygens (including phenoxy) is 1. The van der Waals surface area contributed by atoms with Crippen molar-refractivity contribution < 1.29 is 18.3 Å². The van der Waals surface area contributed by atoms with Gasteiger partial charge < -0.3 is 15.4 Å². The molecule has 0 aromatic carbocycles. The predicted molar refractivity (Wildman–Crippen MR) is 60.6 cm³/mol. The van der Waals surface area contributed by atoms with Crippen LogP contribution in [0.1, 0.15) is 5.69 Å². The fourth-order valence-corrected chi connectivity index (χ4v) is 1.51. The van der Waals surface area contributed by atoms with Crippen molar-refractivity contribution in [3.63, 3.8) is 0 Å². The van der Waals surface area contributed by atoms with Crippen LogP contribution in [0, 0.1) is 12.8 Å². The summed E-state index contributed by atoms with van der Waals surface area (Å²) in [5.41, 5.74) is 0.701. The van der Waals surface area contributed by atoms with Crippen molar-refractivity contribution in [2.45, 2.75) is 13.5 Å². The van der Waals surface area contributed by atoms with E-state index in [-0.39, 0.29) is 23.4 Å². The molecule has 1 aliphatic heterocycles. The van der Waals surface area contributed by atoms with Crippen LogP contribution in [0.15, 0.2) is 12.1 Å². The Labute approximate surface area is 103 Å². The molecule has 0 bridgehead atoms. The van der Waals surface area contributed by atoms with E-state index in [4.69, 9.17) is 0 Å². The standard InChI is InChI=1S/C11H13F2N3O2/c1-6-2-3-8(10(15-6)18-11(12)13)16-9(17)7-4-14-5-7/h2-3,7,11,14H,4-5H2,1H3,(H,16,17). The van der Waals surface area contributed by atoms with E-state index in [2.05, 4.69) is 20.4 Å². The first-order chi connectivity index (χ1) is 8.56. The lowest BCUT2D eigenvalue weighted by atomic mass is 10.0. The van der Waals surface area contributed by atoms with Crippen LogP contribution in [0.25, 0.3) is 0 Å². The van der Waals surface area contributed by atoms with E-state index in [0.717, 1.165) is 0 Å². The highest BCUT2D eigenvalue weighted by Crippen LogP contribution is 2.24. The van der Waals surface area contributed by atoms with Crippen molar-refractivity contribution in [1.82, 2.24) is 10.3 Å². The molecule has 0 aliphatic carbocycles. The number of hydrogen-bond donors (Lipinski definition) is 2. The van der Waals surface area contributed by atoms with Gasteiger partial charge in [0.15, 0.2) is 0 Å². The number of anilines is 1. The molecular formula is C11H13F2N3O2. The van der Waals surface area contributed by atoms with Crippen LogP contribution in [0.5, 0.6) is 5.88 Å². The molecule has 1 fully saturated rings. The Morgan fingerprint density at radius 3 is 2.83 bits per heavy atom. The highest BCUT2D eigenvalue weighted by atomic mass is 19.3. The van der Waals surface area contributed by atoms with Crippen LogP contribution in [0.2, 0.25) is 0 Å². The first-order valence-corrected chi connectivity index (χ1v) is 5.50. The van der Waals surface area contributed by atoms with Gasteiger partial charge in [0.1, 0.15) is 5.69 Å². The molecule has 1 saturated heterocycles. The Kier molecular flexibility index (Phi) is 3.71. The number of amides is 1. The van der Waals surface area contributed by atoms with Gasteiger partial charge in [-0.05, 0) is 19.1 Å². The maximum atomic E-state index is 12.2. The van der Waals surface area contributed by atoms with E-state index in [1.54, 1.807) is 13.0 Å². The monoisotopic (exact) mass is 257 g/mol. The fourth-order valence-electron chi connectivity index (χ4n) is 1.51. The Bertz CT molecular complexity index is 450. The topological polar surface area (TPSA) is 63.2 Å². The molecule has 7 heteroatoms. The number of alkyl halides is 2. The zero-order valence-electron chi connectivity index (χ0n) is 9.74. The van der Waals surface area contributed by atoms with Crippen molar-refractivity contribution in [2.75, 3.05) is 18.4 Å². The minimum Gasteiger partial charge on any atom is -0.415 e. The first-order valence-electron chi connectivity index (χ1n) is 5.50. The smallest absolute Gasteiger partial charge is 0.388 e. The summed E-state index contributed by atoms with van der Waals surface area (Å²) in [6.45, 7) is -0.133. The Balaban J connectivity index is 2.12. The molecule has 0 unspecified atom stereocenters. The molecule has 18 heavy (non-hydrogen) atoms. The Morgan fingerprint density at radius 2 is 2.28 bits per heavy atom. The molecule has 1 aromatic rings. The van der Waals surface area contributed by atoms with Crippen molar-refractivity contribution in [1.29, 1.82) is 0 Å². The molecule has 1 aromatic heterocycles. The van der Waals surface area contributed by atoms with Gasteiger partial charge in [0.25, 0.3) is 0 Å². The van der Waals surface area contributed by atoms with Gasteiger partial charge in [-0.25, -0.2) is 4.98 Å². The number of rotatable bonds is 4. The van der Waals surface area contributed by atoms with Crippen molar-refractivity contribution in [3.05, 3.63) is 17.8 Å². The largest absolute Gasteiger partial charge is 0.415 e. The number of halogens is 2. The Hall–Kier alpha value is -1.76. The number of hydrogen-bond acceptors (Lipinski definition) is 4. The second-order valence-electron chi connectivity index (χ2n) is 4.03. The first kappa shape index (κ1) is 12.7. The van der Waals surface area contributed by atoms with Gasteiger partial charge in [-0.15, -0.1) is 0 Å². The van der Waals surface area contributed by atoms with E-state index in [1.807, 2.05) is 0 Å². The molecule has 1 aliphatic rings. The average Bonchev–Trinajstić information content (AvgIpc) is 2.18. The summed E-state index contributed by atoms with van der Waals surface area (Å²) in [4.78, 5) is 15.5. The average molecular weight is 257 g/mol.